The smallest absolute Gasteiger partial charge is 0.413 e. The highest BCUT2D eigenvalue weighted by Gasteiger charge is 2.26. The Kier molecular flexibility index (Phi) is 9.54. The van der Waals surface area contributed by atoms with E-state index in [1.807, 2.05) is 12.1 Å². The molecule has 37 heavy (non-hydrogen) atoms. The van der Waals surface area contributed by atoms with E-state index in [1.54, 1.807) is 26.1 Å². The van der Waals surface area contributed by atoms with E-state index in [0.29, 0.717) is 41.6 Å². The maximum absolute atomic E-state index is 12.8. The third-order valence-corrected chi connectivity index (χ3v) is 8.79. The first-order valence-electron chi connectivity index (χ1n) is 11.3. The van der Waals surface area contributed by atoms with E-state index in [-0.39, 0.29) is 35.6 Å². The van der Waals surface area contributed by atoms with E-state index in [9.17, 15) is 23.1 Å². The number of rotatable bonds is 10. The topological polar surface area (TPSA) is 120 Å². The summed E-state index contributed by atoms with van der Waals surface area (Å²) in [5.74, 6) is 0.139. The number of amidine groups is 1. The Morgan fingerprint density at radius 2 is 1.81 bits per heavy atom. The molecule has 10 nitrogen and oxygen atoms in total. The van der Waals surface area contributed by atoms with Crippen molar-refractivity contribution in [3.63, 3.8) is 0 Å². The molecule has 2 aromatic rings. The maximum atomic E-state index is 12.8. The predicted molar refractivity (Wildman–Crippen MR) is 141 cm³/mol. The number of ether oxygens (including phenoxy) is 1. The third kappa shape index (κ3) is 6.79. The van der Waals surface area contributed by atoms with Crippen LogP contribution in [-0.2, 0) is 26.1 Å². The van der Waals surface area contributed by atoms with Crippen LogP contribution in [0.3, 0.4) is 0 Å². The molecule has 1 N–H and O–H groups in total. The molecule has 1 aliphatic heterocycles. The van der Waals surface area contributed by atoms with Crippen molar-refractivity contribution in [2.75, 3.05) is 46.9 Å². The third-order valence-electron chi connectivity index (χ3n) is 5.88. The number of benzene rings is 2. The number of carbonyl (C=O) groups excluding carboxylic acids is 1. The number of amides is 2. The van der Waals surface area contributed by atoms with Crippen LogP contribution in [0.2, 0.25) is 10.0 Å². The lowest BCUT2D eigenvalue weighted by Gasteiger charge is -2.20. The van der Waals surface area contributed by atoms with Gasteiger partial charge in [-0.15, -0.1) is 0 Å². The molecular formula is C24H28Cl2N4O6S. The zero-order valence-electron chi connectivity index (χ0n) is 20.6. The Balaban J connectivity index is 1.47. The lowest BCUT2D eigenvalue weighted by molar-refractivity contribution is -0.135. The fraction of sp³-hybridized carbons (Fsp3) is 0.375. The monoisotopic (exact) mass is 570 g/mol. The summed E-state index contributed by atoms with van der Waals surface area (Å²) in [6, 6.07) is 10.0. The molecule has 0 unspecified atom stereocenters. The van der Waals surface area contributed by atoms with E-state index in [4.69, 9.17) is 27.9 Å². The van der Waals surface area contributed by atoms with Crippen LogP contribution < -0.4 is 0 Å². The van der Waals surface area contributed by atoms with Gasteiger partial charge in [-0.05, 0) is 30.2 Å². The molecule has 2 amide bonds. The number of hydrogen-bond acceptors (Lipinski definition) is 6. The van der Waals surface area contributed by atoms with Crippen molar-refractivity contribution < 1.29 is 27.9 Å². The quantitative estimate of drug-likeness (QED) is 0.437. The molecule has 3 rings (SSSR count). The first-order chi connectivity index (χ1) is 17.4. The van der Waals surface area contributed by atoms with Crippen molar-refractivity contribution in [1.29, 1.82) is 0 Å². The highest BCUT2D eigenvalue weighted by atomic mass is 35.5. The maximum Gasteiger partial charge on any atom is 0.413 e. The number of hydrogen-bond donors (Lipinski definition) is 1. The Labute approximate surface area is 226 Å². The highest BCUT2D eigenvalue weighted by molar-refractivity contribution is 7.89. The van der Waals surface area contributed by atoms with Gasteiger partial charge in [-0.3, -0.25) is 14.7 Å². The fourth-order valence-electron chi connectivity index (χ4n) is 3.59. The van der Waals surface area contributed by atoms with Crippen LogP contribution in [-0.4, -0.2) is 92.4 Å². The van der Waals surface area contributed by atoms with Gasteiger partial charge in [0.15, 0.2) is 0 Å². The summed E-state index contributed by atoms with van der Waals surface area (Å²) in [7, 11) is -0.822. The van der Waals surface area contributed by atoms with Gasteiger partial charge in [0.25, 0.3) is 0 Å². The standard InChI is InChI=1S/C24H28Cl2N4O6S/c1-16-19(25)8-9-20(22(16)26)37(34,35)29(3)12-13-36-15-21(31)28(2)14-17-4-6-18(7-5-17)23-27-10-11-30(23)24(32)33/h4-9H,10-15H2,1-3H3,(H,32,33). The van der Waals surface area contributed by atoms with Gasteiger partial charge in [-0.25, -0.2) is 13.2 Å². The summed E-state index contributed by atoms with van der Waals surface area (Å²) in [6.45, 7) is 2.54. The lowest BCUT2D eigenvalue weighted by Crippen LogP contribution is -2.33. The number of aliphatic imine (C=N–C) groups is 1. The first kappa shape index (κ1) is 28.9. The molecule has 0 spiro atoms. The van der Waals surface area contributed by atoms with E-state index in [0.717, 1.165) is 9.87 Å². The number of carbonyl (C=O) groups is 2. The molecule has 0 atom stereocenters. The van der Waals surface area contributed by atoms with Crippen molar-refractivity contribution >= 4 is 51.1 Å². The van der Waals surface area contributed by atoms with Crippen LogP contribution in [0.1, 0.15) is 16.7 Å². The predicted octanol–water partition coefficient (Wildman–Crippen LogP) is 3.34. The van der Waals surface area contributed by atoms with Crippen LogP contribution >= 0.6 is 23.2 Å². The molecule has 0 saturated heterocycles. The minimum absolute atomic E-state index is 0.0103. The van der Waals surface area contributed by atoms with Crippen LogP contribution in [0.4, 0.5) is 4.79 Å². The molecule has 200 valence electrons. The zero-order valence-corrected chi connectivity index (χ0v) is 23.0. The lowest BCUT2D eigenvalue weighted by atomic mass is 10.1. The van der Waals surface area contributed by atoms with Crippen LogP contribution in [0.25, 0.3) is 0 Å². The van der Waals surface area contributed by atoms with Crippen molar-refractivity contribution in [3.8, 4) is 0 Å². The Bertz CT molecular complexity index is 1300. The summed E-state index contributed by atoms with van der Waals surface area (Å²) in [5.41, 5.74) is 2.02. The normalized spacial score (nSPS) is 13.7. The average molecular weight is 571 g/mol. The van der Waals surface area contributed by atoms with Gasteiger partial charge in [0, 0.05) is 37.8 Å². The summed E-state index contributed by atoms with van der Waals surface area (Å²) in [6.07, 6.45) is -1.04. The number of carboxylic acid groups (broad SMARTS) is 1. The van der Waals surface area contributed by atoms with E-state index in [1.165, 1.54) is 29.0 Å². The molecule has 1 aliphatic rings. The van der Waals surface area contributed by atoms with Crippen LogP contribution in [0, 0.1) is 6.92 Å². The second-order valence-electron chi connectivity index (χ2n) is 8.45. The van der Waals surface area contributed by atoms with Crippen molar-refractivity contribution in [2.24, 2.45) is 4.99 Å². The van der Waals surface area contributed by atoms with Crippen molar-refractivity contribution in [3.05, 3.63) is 63.1 Å². The van der Waals surface area contributed by atoms with Crippen LogP contribution in [0.15, 0.2) is 46.3 Å². The molecule has 0 saturated carbocycles. The molecule has 1 heterocycles. The minimum atomic E-state index is -3.86. The molecule has 0 radical (unpaired) electrons. The van der Waals surface area contributed by atoms with E-state index >= 15 is 0 Å². The van der Waals surface area contributed by atoms with E-state index in [2.05, 4.69) is 4.99 Å². The molecule has 13 heteroatoms. The summed E-state index contributed by atoms with van der Waals surface area (Å²) < 4.78 is 32.2. The van der Waals surface area contributed by atoms with Gasteiger partial charge in [0.2, 0.25) is 15.9 Å². The zero-order chi connectivity index (χ0) is 27.3. The van der Waals surface area contributed by atoms with Crippen LogP contribution in [0.5, 0.6) is 0 Å². The molecule has 2 aromatic carbocycles. The number of sulfonamides is 1. The summed E-state index contributed by atoms with van der Waals surface area (Å²) in [5, 5.41) is 9.71. The van der Waals surface area contributed by atoms with Gasteiger partial charge in [-0.1, -0.05) is 47.5 Å². The molecular weight excluding hydrogens is 543 g/mol. The second-order valence-corrected chi connectivity index (χ2v) is 11.2. The summed E-state index contributed by atoms with van der Waals surface area (Å²) >= 11 is 12.2. The number of likely N-dealkylation sites (N-methyl/N-ethyl adjacent to an activating group) is 2. The SMILES string of the molecule is Cc1c(Cl)ccc(S(=O)(=O)N(C)CCOCC(=O)N(C)Cc2ccc(C3=NCCN3C(=O)O)cc2)c1Cl. The number of halogens is 2. The van der Waals surface area contributed by atoms with Gasteiger partial charge < -0.3 is 14.7 Å². The fourth-order valence-corrected chi connectivity index (χ4v) is 5.52. The van der Waals surface area contributed by atoms with Gasteiger partial charge in [0.1, 0.15) is 17.3 Å². The highest BCUT2D eigenvalue weighted by Crippen LogP contribution is 2.31. The minimum Gasteiger partial charge on any atom is -0.465 e. The van der Waals surface area contributed by atoms with Crippen molar-refractivity contribution in [2.45, 2.75) is 18.4 Å². The largest absolute Gasteiger partial charge is 0.465 e. The van der Waals surface area contributed by atoms with Crippen molar-refractivity contribution in [1.82, 2.24) is 14.1 Å². The van der Waals surface area contributed by atoms with Gasteiger partial charge >= 0.3 is 6.09 Å². The Morgan fingerprint density at radius 1 is 1.14 bits per heavy atom. The molecule has 0 fully saturated rings. The van der Waals surface area contributed by atoms with Gasteiger partial charge in [0.05, 0.1) is 24.7 Å². The first-order valence-corrected chi connectivity index (χ1v) is 13.5. The molecule has 0 aliphatic carbocycles. The molecule has 0 aromatic heterocycles. The number of nitrogens with zero attached hydrogens (tertiary/aromatic N) is 4. The second kappa shape index (κ2) is 12.2. The average Bonchev–Trinajstić information content (AvgIpc) is 3.35. The summed E-state index contributed by atoms with van der Waals surface area (Å²) in [4.78, 5) is 30.7. The molecule has 0 bridgehead atoms. The van der Waals surface area contributed by atoms with E-state index < -0.39 is 16.1 Å². The van der Waals surface area contributed by atoms with Gasteiger partial charge in [-0.2, -0.15) is 4.31 Å². The Morgan fingerprint density at radius 3 is 2.46 bits per heavy atom. The Hall–Kier alpha value is -2.70.